The highest BCUT2D eigenvalue weighted by atomic mass is 32.1. The van der Waals surface area contributed by atoms with E-state index in [0.717, 1.165) is 43.1 Å². The third-order valence-corrected chi connectivity index (χ3v) is 3.86. The van der Waals surface area contributed by atoms with Crippen molar-refractivity contribution in [3.63, 3.8) is 0 Å². The molecule has 1 amide bonds. The van der Waals surface area contributed by atoms with E-state index in [4.69, 9.17) is 4.74 Å². The van der Waals surface area contributed by atoms with E-state index in [1.165, 1.54) is 0 Å². The van der Waals surface area contributed by atoms with Crippen LogP contribution in [0, 0.1) is 12.8 Å². The minimum Gasteiger partial charge on any atom is -0.381 e. The fourth-order valence-electron chi connectivity index (χ4n) is 1.85. The molecule has 5 heteroatoms. The zero-order chi connectivity index (χ0) is 12.1. The number of carbonyl (C=O) groups is 1. The molecule has 1 atom stereocenters. The molecule has 94 valence electrons. The zero-order valence-corrected chi connectivity index (χ0v) is 10.9. The van der Waals surface area contributed by atoms with Crippen LogP contribution >= 0.6 is 11.3 Å². The molecule has 2 rings (SSSR count). The van der Waals surface area contributed by atoms with Gasteiger partial charge >= 0.3 is 0 Å². The average Bonchev–Trinajstić information content (AvgIpc) is 2.95. The molecule has 0 aliphatic carbocycles. The molecule has 17 heavy (non-hydrogen) atoms. The maximum Gasteiger partial charge on any atom is 0.225 e. The molecule has 1 aliphatic rings. The van der Waals surface area contributed by atoms with Crippen LogP contribution in [-0.2, 0) is 16.0 Å². The molecule has 1 aromatic heterocycles. The van der Waals surface area contributed by atoms with E-state index in [2.05, 4.69) is 15.7 Å². The highest BCUT2D eigenvalue weighted by Crippen LogP contribution is 2.12. The number of hydrogen-bond donors (Lipinski definition) is 1. The molecule has 1 saturated heterocycles. The first kappa shape index (κ1) is 12.5. The summed E-state index contributed by atoms with van der Waals surface area (Å²) in [5.41, 5.74) is 1.08. The molecule has 1 fully saturated rings. The lowest BCUT2D eigenvalue weighted by Gasteiger charge is -2.08. The van der Waals surface area contributed by atoms with E-state index in [0.29, 0.717) is 6.61 Å². The van der Waals surface area contributed by atoms with Gasteiger partial charge in [0.1, 0.15) is 0 Å². The smallest absolute Gasteiger partial charge is 0.225 e. The van der Waals surface area contributed by atoms with Crippen LogP contribution in [0.5, 0.6) is 0 Å². The molecule has 0 spiro atoms. The number of aromatic nitrogens is 1. The Morgan fingerprint density at radius 2 is 2.59 bits per heavy atom. The summed E-state index contributed by atoms with van der Waals surface area (Å²) < 4.78 is 5.19. The second-order valence-corrected chi connectivity index (χ2v) is 5.28. The Labute approximate surface area is 105 Å². The fraction of sp³-hybridized carbons (Fsp3) is 0.667. The predicted molar refractivity (Wildman–Crippen MR) is 67.1 cm³/mol. The highest BCUT2D eigenvalue weighted by Gasteiger charge is 2.22. The third-order valence-electron chi connectivity index (χ3n) is 2.83. The number of ether oxygens (including phenoxy) is 1. The molecule has 0 aromatic carbocycles. The molecule has 0 saturated carbocycles. The fourth-order valence-corrected chi connectivity index (χ4v) is 2.67. The van der Waals surface area contributed by atoms with Gasteiger partial charge in [0.25, 0.3) is 0 Å². The molecule has 0 bridgehead atoms. The number of amides is 1. The average molecular weight is 254 g/mol. The summed E-state index contributed by atoms with van der Waals surface area (Å²) >= 11 is 1.69. The van der Waals surface area contributed by atoms with Crippen LogP contribution < -0.4 is 5.32 Å². The van der Waals surface area contributed by atoms with Crippen molar-refractivity contribution in [2.45, 2.75) is 26.2 Å². The summed E-state index contributed by atoms with van der Waals surface area (Å²) in [6.45, 7) is 4.03. The Balaban J connectivity index is 1.61. The number of thiazole rings is 1. The predicted octanol–water partition coefficient (Wildman–Crippen LogP) is 1.54. The Morgan fingerprint density at radius 3 is 3.24 bits per heavy atom. The van der Waals surface area contributed by atoms with Crippen molar-refractivity contribution < 1.29 is 9.53 Å². The van der Waals surface area contributed by atoms with Crippen LogP contribution in [-0.4, -0.2) is 30.6 Å². The van der Waals surface area contributed by atoms with Gasteiger partial charge in [0.2, 0.25) is 5.91 Å². The van der Waals surface area contributed by atoms with Gasteiger partial charge in [-0.25, -0.2) is 4.98 Å². The monoisotopic (exact) mass is 254 g/mol. The molecule has 1 aromatic rings. The first-order valence-corrected chi connectivity index (χ1v) is 6.90. The Hall–Kier alpha value is -0.940. The van der Waals surface area contributed by atoms with Crippen LogP contribution in [0.1, 0.15) is 23.5 Å². The van der Waals surface area contributed by atoms with Crippen LogP contribution in [0.15, 0.2) is 5.38 Å². The lowest BCUT2D eigenvalue weighted by Crippen LogP contribution is -2.31. The van der Waals surface area contributed by atoms with Gasteiger partial charge in [0.05, 0.1) is 17.5 Å². The zero-order valence-electron chi connectivity index (χ0n) is 10.1. The topological polar surface area (TPSA) is 51.2 Å². The molecular weight excluding hydrogens is 236 g/mol. The molecule has 1 aliphatic heterocycles. The molecule has 0 unspecified atom stereocenters. The van der Waals surface area contributed by atoms with E-state index >= 15 is 0 Å². The van der Waals surface area contributed by atoms with Crippen molar-refractivity contribution in [3.05, 3.63) is 16.1 Å². The summed E-state index contributed by atoms with van der Waals surface area (Å²) in [7, 11) is 0. The minimum atomic E-state index is 0.0668. The maximum atomic E-state index is 11.7. The second-order valence-electron chi connectivity index (χ2n) is 4.34. The normalized spacial score (nSPS) is 19.5. The van der Waals surface area contributed by atoms with E-state index in [1.807, 2.05) is 6.92 Å². The van der Waals surface area contributed by atoms with Crippen molar-refractivity contribution >= 4 is 17.2 Å². The summed E-state index contributed by atoms with van der Waals surface area (Å²) in [6.07, 6.45) is 2.75. The van der Waals surface area contributed by atoms with Gasteiger partial charge in [-0.2, -0.15) is 0 Å². The van der Waals surface area contributed by atoms with Gasteiger partial charge in [-0.1, -0.05) is 0 Å². The maximum absolute atomic E-state index is 11.7. The lowest BCUT2D eigenvalue weighted by atomic mass is 10.1. The van der Waals surface area contributed by atoms with Crippen molar-refractivity contribution in [2.24, 2.45) is 5.92 Å². The van der Waals surface area contributed by atoms with E-state index < -0.39 is 0 Å². The molecule has 0 radical (unpaired) electrons. The quantitative estimate of drug-likeness (QED) is 0.811. The molecule has 4 nitrogen and oxygen atoms in total. The number of aryl methyl sites for hydroxylation is 2. The first-order chi connectivity index (χ1) is 8.25. The Kier molecular flexibility index (Phi) is 4.50. The SMILES string of the molecule is Cc1csc(CCCNC(=O)[C@H]2CCOC2)n1. The van der Waals surface area contributed by atoms with Gasteiger partial charge in [-0.3, -0.25) is 4.79 Å². The number of nitrogens with one attached hydrogen (secondary N) is 1. The molecule has 1 N–H and O–H groups in total. The van der Waals surface area contributed by atoms with Crippen LogP contribution in [0.3, 0.4) is 0 Å². The molecular formula is C12H18N2O2S. The van der Waals surface area contributed by atoms with Gasteiger partial charge in [0.15, 0.2) is 0 Å². The lowest BCUT2D eigenvalue weighted by molar-refractivity contribution is -0.124. The highest BCUT2D eigenvalue weighted by molar-refractivity contribution is 7.09. The van der Waals surface area contributed by atoms with Gasteiger partial charge in [0, 0.05) is 30.6 Å². The summed E-state index contributed by atoms with van der Waals surface area (Å²) in [5, 5.41) is 6.17. The van der Waals surface area contributed by atoms with Crippen LogP contribution in [0.4, 0.5) is 0 Å². The Morgan fingerprint density at radius 1 is 1.71 bits per heavy atom. The minimum absolute atomic E-state index is 0.0668. The molecule has 2 heterocycles. The summed E-state index contributed by atoms with van der Waals surface area (Å²) in [6, 6.07) is 0. The number of hydrogen-bond acceptors (Lipinski definition) is 4. The first-order valence-electron chi connectivity index (χ1n) is 6.02. The van der Waals surface area contributed by atoms with Crippen molar-refractivity contribution in [1.82, 2.24) is 10.3 Å². The van der Waals surface area contributed by atoms with Crippen molar-refractivity contribution in [3.8, 4) is 0 Å². The van der Waals surface area contributed by atoms with Crippen LogP contribution in [0.2, 0.25) is 0 Å². The third kappa shape index (κ3) is 3.78. The summed E-state index contributed by atoms with van der Waals surface area (Å²) in [5.74, 6) is 0.204. The largest absolute Gasteiger partial charge is 0.381 e. The van der Waals surface area contributed by atoms with Gasteiger partial charge in [-0.05, 0) is 19.8 Å². The van der Waals surface area contributed by atoms with Gasteiger partial charge < -0.3 is 10.1 Å². The van der Waals surface area contributed by atoms with E-state index in [1.54, 1.807) is 11.3 Å². The summed E-state index contributed by atoms with van der Waals surface area (Å²) in [4.78, 5) is 16.0. The van der Waals surface area contributed by atoms with Gasteiger partial charge in [-0.15, -0.1) is 11.3 Å². The van der Waals surface area contributed by atoms with E-state index in [9.17, 15) is 4.79 Å². The standard InChI is InChI=1S/C12H18N2O2S/c1-9-8-17-11(14-9)3-2-5-13-12(15)10-4-6-16-7-10/h8,10H,2-7H2,1H3,(H,13,15)/t10-/m0/s1. The number of nitrogens with zero attached hydrogens (tertiary/aromatic N) is 1. The number of carbonyl (C=O) groups excluding carboxylic acids is 1. The van der Waals surface area contributed by atoms with E-state index in [-0.39, 0.29) is 11.8 Å². The second kappa shape index (κ2) is 6.12. The number of rotatable bonds is 5. The Bertz CT molecular complexity index is 372. The van der Waals surface area contributed by atoms with Crippen molar-refractivity contribution in [2.75, 3.05) is 19.8 Å². The van der Waals surface area contributed by atoms with Crippen molar-refractivity contribution in [1.29, 1.82) is 0 Å². The van der Waals surface area contributed by atoms with Crippen LogP contribution in [0.25, 0.3) is 0 Å².